The number of rotatable bonds is 5. The highest BCUT2D eigenvalue weighted by Gasteiger charge is 2.25. The predicted octanol–water partition coefficient (Wildman–Crippen LogP) is 3.16. The van der Waals surface area contributed by atoms with Crippen LogP contribution < -0.4 is 5.32 Å². The van der Waals surface area contributed by atoms with Gasteiger partial charge in [-0.25, -0.2) is 8.42 Å². The van der Waals surface area contributed by atoms with Gasteiger partial charge in [-0.05, 0) is 42.2 Å². The van der Waals surface area contributed by atoms with Crippen LogP contribution in [0.1, 0.15) is 23.6 Å². The number of nitrogens with one attached hydrogen (secondary N) is 1. The number of nitrogens with zero attached hydrogens (tertiary/aromatic N) is 2. The maximum atomic E-state index is 12.8. The van der Waals surface area contributed by atoms with E-state index in [1.54, 1.807) is 0 Å². The van der Waals surface area contributed by atoms with Crippen molar-refractivity contribution in [3.8, 4) is 0 Å². The van der Waals surface area contributed by atoms with E-state index in [4.69, 9.17) is 0 Å². The average Bonchev–Trinajstić information content (AvgIpc) is 3.05. The number of sulfonamides is 1. The lowest BCUT2D eigenvalue weighted by Gasteiger charge is -2.28. The fraction of sp³-hybridized carbons (Fsp3) is 0.318. The molecule has 152 valence electrons. The first-order valence-corrected chi connectivity index (χ1v) is 11.6. The Bertz CT molecular complexity index is 1180. The summed E-state index contributed by atoms with van der Waals surface area (Å²) in [7, 11) is -3.22. The van der Waals surface area contributed by atoms with E-state index in [9.17, 15) is 13.2 Å². The number of amides is 1. The monoisotopic (exact) mass is 411 g/mol. The minimum atomic E-state index is -3.22. The average molecular weight is 412 g/mol. The van der Waals surface area contributed by atoms with Gasteiger partial charge in [0.2, 0.25) is 15.9 Å². The van der Waals surface area contributed by atoms with Gasteiger partial charge >= 0.3 is 0 Å². The van der Waals surface area contributed by atoms with Crippen molar-refractivity contribution in [2.75, 3.05) is 18.1 Å². The highest BCUT2D eigenvalue weighted by atomic mass is 32.2. The number of benzene rings is 2. The zero-order chi connectivity index (χ0) is 20.6. The molecule has 1 aromatic heterocycles. The number of carbonyl (C=O) groups excluding carboxylic acids is 1. The molecule has 1 N–H and O–H groups in total. The number of anilines is 1. The Morgan fingerprint density at radius 1 is 1.14 bits per heavy atom. The van der Waals surface area contributed by atoms with Gasteiger partial charge in [-0.3, -0.25) is 4.79 Å². The van der Waals surface area contributed by atoms with Gasteiger partial charge in [0.25, 0.3) is 0 Å². The SMILES string of the molecule is CCn1cc(CC(=O)Nc2cccc3c2CCN(S(C)(=O)=O)C3)c2ccccc21. The fourth-order valence-electron chi connectivity index (χ4n) is 4.08. The number of carbonyl (C=O) groups is 1. The lowest BCUT2D eigenvalue weighted by Crippen LogP contribution is -2.35. The molecule has 29 heavy (non-hydrogen) atoms. The van der Waals surface area contributed by atoms with Crippen molar-refractivity contribution in [3.63, 3.8) is 0 Å². The molecule has 4 rings (SSSR count). The minimum absolute atomic E-state index is 0.0667. The molecule has 0 unspecified atom stereocenters. The van der Waals surface area contributed by atoms with Crippen molar-refractivity contribution in [2.24, 2.45) is 0 Å². The van der Waals surface area contributed by atoms with Crippen molar-refractivity contribution in [1.82, 2.24) is 8.87 Å². The third kappa shape index (κ3) is 3.93. The summed E-state index contributed by atoms with van der Waals surface area (Å²) < 4.78 is 27.3. The van der Waals surface area contributed by atoms with Crippen LogP contribution in [0.5, 0.6) is 0 Å². The van der Waals surface area contributed by atoms with E-state index in [1.807, 2.05) is 36.4 Å². The topological polar surface area (TPSA) is 71.4 Å². The first-order valence-electron chi connectivity index (χ1n) is 9.79. The predicted molar refractivity (Wildman–Crippen MR) is 115 cm³/mol. The smallest absolute Gasteiger partial charge is 0.228 e. The number of aryl methyl sites for hydroxylation is 1. The summed E-state index contributed by atoms with van der Waals surface area (Å²) in [6, 6.07) is 13.8. The highest BCUT2D eigenvalue weighted by molar-refractivity contribution is 7.88. The van der Waals surface area contributed by atoms with Crippen LogP contribution in [0.25, 0.3) is 10.9 Å². The Balaban J connectivity index is 1.55. The third-order valence-corrected chi connectivity index (χ3v) is 6.79. The lowest BCUT2D eigenvalue weighted by molar-refractivity contribution is -0.115. The van der Waals surface area contributed by atoms with Gasteiger partial charge in [-0.15, -0.1) is 0 Å². The van der Waals surface area contributed by atoms with Gasteiger partial charge in [0, 0.05) is 42.4 Å². The molecule has 0 saturated carbocycles. The van der Waals surface area contributed by atoms with E-state index in [2.05, 4.69) is 29.1 Å². The quantitative estimate of drug-likeness (QED) is 0.701. The second-order valence-corrected chi connectivity index (χ2v) is 9.45. The van der Waals surface area contributed by atoms with Gasteiger partial charge in [0.15, 0.2) is 0 Å². The minimum Gasteiger partial charge on any atom is -0.347 e. The second-order valence-electron chi connectivity index (χ2n) is 7.47. The molecular weight excluding hydrogens is 386 g/mol. The van der Waals surface area contributed by atoms with Gasteiger partial charge in [0.05, 0.1) is 12.7 Å². The van der Waals surface area contributed by atoms with Crippen LogP contribution in [0.15, 0.2) is 48.7 Å². The zero-order valence-corrected chi connectivity index (χ0v) is 17.5. The third-order valence-electron chi connectivity index (χ3n) is 5.54. The summed E-state index contributed by atoms with van der Waals surface area (Å²) in [6.07, 6.45) is 4.17. The van der Waals surface area contributed by atoms with Gasteiger partial charge in [-0.2, -0.15) is 4.31 Å². The molecule has 1 amide bonds. The highest BCUT2D eigenvalue weighted by Crippen LogP contribution is 2.28. The summed E-state index contributed by atoms with van der Waals surface area (Å²) in [5, 5.41) is 4.15. The number of aromatic nitrogens is 1. The van der Waals surface area contributed by atoms with E-state index in [-0.39, 0.29) is 5.91 Å². The van der Waals surface area contributed by atoms with Crippen molar-refractivity contribution in [2.45, 2.75) is 32.9 Å². The Morgan fingerprint density at radius 2 is 1.93 bits per heavy atom. The molecule has 2 aromatic carbocycles. The van der Waals surface area contributed by atoms with E-state index in [1.165, 1.54) is 10.6 Å². The van der Waals surface area contributed by atoms with Gasteiger partial charge in [-0.1, -0.05) is 30.3 Å². The molecule has 7 heteroatoms. The molecule has 0 atom stereocenters. The molecule has 0 aliphatic carbocycles. The van der Waals surface area contributed by atoms with Crippen LogP contribution in [0.2, 0.25) is 0 Å². The Morgan fingerprint density at radius 3 is 2.69 bits per heavy atom. The maximum absolute atomic E-state index is 12.8. The van der Waals surface area contributed by atoms with Crippen molar-refractivity contribution >= 4 is 32.5 Å². The summed E-state index contributed by atoms with van der Waals surface area (Å²) >= 11 is 0. The summed E-state index contributed by atoms with van der Waals surface area (Å²) in [4.78, 5) is 12.8. The number of para-hydroxylation sites is 1. The van der Waals surface area contributed by atoms with Crippen molar-refractivity contribution in [3.05, 3.63) is 65.4 Å². The summed E-state index contributed by atoms with van der Waals surface area (Å²) in [6.45, 7) is 3.72. The zero-order valence-electron chi connectivity index (χ0n) is 16.7. The van der Waals surface area contributed by atoms with E-state index >= 15 is 0 Å². The Hall–Kier alpha value is -2.64. The first kappa shape index (κ1) is 19.7. The Labute approximate surface area is 171 Å². The summed E-state index contributed by atoms with van der Waals surface area (Å²) in [5.41, 5.74) is 4.89. The molecule has 0 bridgehead atoms. The van der Waals surface area contributed by atoms with Gasteiger partial charge in [0.1, 0.15) is 0 Å². The van der Waals surface area contributed by atoms with E-state index < -0.39 is 10.0 Å². The molecule has 6 nitrogen and oxygen atoms in total. The molecule has 0 saturated heterocycles. The van der Waals surface area contributed by atoms with Crippen molar-refractivity contribution < 1.29 is 13.2 Å². The van der Waals surface area contributed by atoms with Crippen LogP contribution in [0.3, 0.4) is 0 Å². The number of fused-ring (bicyclic) bond motifs is 2. The number of hydrogen-bond acceptors (Lipinski definition) is 3. The second kappa shape index (κ2) is 7.65. The van der Waals surface area contributed by atoms with Crippen LogP contribution in [-0.2, 0) is 40.7 Å². The molecule has 2 heterocycles. The lowest BCUT2D eigenvalue weighted by atomic mass is 9.99. The number of hydrogen-bond donors (Lipinski definition) is 1. The molecule has 0 spiro atoms. The standard InChI is InChI=1S/C22H25N3O3S/c1-3-24-14-17(19-8-4-5-10-21(19)24)13-22(26)23-20-9-6-7-16-15-25(29(2,27)28)12-11-18(16)20/h4-10,14H,3,11-13,15H2,1-2H3,(H,23,26). The molecular formula is C22H25N3O3S. The van der Waals surface area contributed by atoms with E-state index in [0.717, 1.165) is 39.8 Å². The van der Waals surface area contributed by atoms with E-state index in [0.29, 0.717) is 25.9 Å². The molecule has 1 aliphatic rings. The molecule has 3 aromatic rings. The summed E-state index contributed by atoms with van der Waals surface area (Å²) in [5.74, 6) is -0.0667. The van der Waals surface area contributed by atoms with Crippen molar-refractivity contribution in [1.29, 1.82) is 0 Å². The largest absolute Gasteiger partial charge is 0.347 e. The molecule has 1 aliphatic heterocycles. The van der Waals surface area contributed by atoms with Crippen LogP contribution in [0, 0.1) is 0 Å². The molecule has 0 radical (unpaired) electrons. The normalized spacial score (nSPS) is 14.7. The van der Waals surface area contributed by atoms with Gasteiger partial charge < -0.3 is 9.88 Å². The van der Waals surface area contributed by atoms with Crippen LogP contribution >= 0.6 is 0 Å². The van der Waals surface area contributed by atoms with Crippen LogP contribution in [0.4, 0.5) is 5.69 Å². The Kier molecular flexibility index (Phi) is 5.19. The van der Waals surface area contributed by atoms with Crippen LogP contribution in [-0.4, -0.2) is 36.0 Å². The molecule has 0 fully saturated rings. The fourth-order valence-corrected chi connectivity index (χ4v) is 4.87. The maximum Gasteiger partial charge on any atom is 0.228 e. The first-order chi connectivity index (χ1) is 13.9.